The maximum atomic E-state index is 12.8. The van der Waals surface area contributed by atoms with Gasteiger partial charge in [0, 0.05) is 30.3 Å². The first-order valence-electron chi connectivity index (χ1n) is 8.64. The summed E-state index contributed by atoms with van der Waals surface area (Å²) in [6.45, 7) is 0. The number of ether oxygens (including phenoxy) is 4. The number of benzene rings is 2. The van der Waals surface area contributed by atoms with E-state index >= 15 is 0 Å². The number of nitrogens with two attached hydrogens (primary N) is 1. The molecule has 0 heterocycles. The highest BCUT2D eigenvalue weighted by Crippen LogP contribution is 2.34. The summed E-state index contributed by atoms with van der Waals surface area (Å²) < 4.78 is 50.9. The van der Waals surface area contributed by atoms with Gasteiger partial charge in [0.25, 0.3) is 0 Å². The van der Waals surface area contributed by atoms with Crippen LogP contribution in [0.5, 0.6) is 23.0 Å². The largest absolute Gasteiger partial charge is 0.496 e. The minimum absolute atomic E-state index is 0.0734. The molecule has 0 radical (unpaired) electrons. The normalized spacial score (nSPS) is 11.2. The maximum Gasteiger partial charge on any atom is 0.351 e. The van der Waals surface area contributed by atoms with Crippen molar-refractivity contribution in [1.29, 1.82) is 5.41 Å². The van der Waals surface area contributed by atoms with Gasteiger partial charge in [-0.3, -0.25) is 5.41 Å². The van der Waals surface area contributed by atoms with Crippen molar-refractivity contribution in [3.05, 3.63) is 42.0 Å². The minimum atomic E-state index is -4.36. The lowest BCUT2D eigenvalue weighted by molar-refractivity contribution is 0.370. The molecule has 0 aliphatic rings. The fourth-order valence-corrected chi connectivity index (χ4v) is 3.73. The molecule has 0 bridgehead atoms. The number of hydrogen-bond acceptors (Lipinski definition) is 7. The number of para-hydroxylation sites is 2. The van der Waals surface area contributed by atoms with Gasteiger partial charge >= 0.3 is 10.2 Å². The SMILES string of the molecule is COc1cc(OC)c(CC=NS(=O)(=O)N(C(=N)N)c2ccccc2OC)c(OC)c1. The summed E-state index contributed by atoms with van der Waals surface area (Å²) in [6.07, 6.45) is 1.25. The summed E-state index contributed by atoms with van der Waals surface area (Å²) in [7, 11) is 1.49. The molecule has 0 amide bonds. The van der Waals surface area contributed by atoms with Crippen molar-refractivity contribution in [2.45, 2.75) is 6.42 Å². The van der Waals surface area contributed by atoms with E-state index in [1.165, 1.54) is 40.7 Å². The maximum absolute atomic E-state index is 12.8. The van der Waals surface area contributed by atoms with Crippen LogP contribution in [0, 0.1) is 5.41 Å². The summed E-state index contributed by atoms with van der Waals surface area (Å²) in [5.41, 5.74) is 6.18. The highest BCUT2D eigenvalue weighted by atomic mass is 32.2. The Hall–Kier alpha value is -3.47. The smallest absolute Gasteiger partial charge is 0.351 e. The molecule has 2 rings (SSSR count). The standard InChI is InChI=1S/C19H24N4O6S/c1-26-13-11-17(28-3)14(18(12-13)29-4)9-10-22-30(24,25)23(19(20)21)15-7-5-6-8-16(15)27-2/h5-8,10-12H,9H2,1-4H3,(H3,20,21). The summed E-state index contributed by atoms with van der Waals surface area (Å²) in [5, 5.41) is 7.73. The van der Waals surface area contributed by atoms with Crippen LogP contribution in [0.25, 0.3) is 0 Å². The van der Waals surface area contributed by atoms with Gasteiger partial charge in [-0.2, -0.15) is 17.1 Å². The molecule has 11 heteroatoms. The zero-order valence-corrected chi connectivity index (χ0v) is 17.9. The van der Waals surface area contributed by atoms with Crippen molar-refractivity contribution < 1.29 is 27.4 Å². The Morgan fingerprint density at radius 2 is 1.60 bits per heavy atom. The Morgan fingerprint density at radius 1 is 1.03 bits per heavy atom. The van der Waals surface area contributed by atoms with Crippen molar-refractivity contribution in [2.75, 3.05) is 32.7 Å². The molecule has 3 N–H and O–H groups in total. The van der Waals surface area contributed by atoms with Gasteiger partial charge in [0.2, 0.25) is 5.96 Å². The summed E-state index contributed by atoms with van der Waals surface area (Å²) in [6, 6.07) is 9.58. The van der Waals surface area contributed by atoms with Crippen LogP contribution in [-0.2, 0) is 16.6 Å². The van der Waals surface area contributed by atoms with Crippen LogP contribution >= 0.6 is 0 Å². The minimum Gasteiger partial charge on any atom is -0.496 e. The van der Waals surface area contributed by atoms with Crippen LogP contribution in [0.3, 0.4) is 0 Å². The molecule has 0 fully saturated rings. The topological polar surface area (TPSA) is 137 Å². The molecular formula is C19H24N4O6S. The number of nitrogens with one attached hydrogen (secondary N) is 1. The summed E-state index contributed by atoms with van der Waals surface area (Å²) in [4.78, 5) is 0. The van der Waals surface area contributed by atoms with E-state index in [1.807, 2.05) is 0 Å². The van der Waals surface area contributed by atoms with Gasteiger partial charge in [0.15, 0.2) is 0 Å². The quantitative estimate of drug-likeness (QED) is 0.453. The predicted molar refractivity (Wildman–Crippen MR) is 115 cm³/mol. The van der Waals surface area contributed by atoms with Gasteiger partial charge in [-0.15, -0.1) is 0 Å². The van der Waals surface area contributed by atoms with E-state index in [-0.39, 0.29) is 17.9 Å². The number of guanidine groups is 1. The molecule has 0 unspecified atom stereocenters. The van der Waals surface area contributed by atoms with Crippen LogP contribution in [0.15, 0.2) is 40.8 Å². The predicted octanol–water partition coefficient (Wildman–Crippen LogP) is 1.98. The lowest BCUT2D eigenvalue weighted by Crippen LogP contribution is -2.40. The van der Waals surface area contributed by atoms with Gasteiger partial charge in [0.05, 0.1) is 28.4 Å². The molecule has 0 atom stereocenters. The zero-order valence-electron chi connectivity index (χ0n) is 17.1. The van der Waals surface area contributed by atoms with Crippen molar-refractivity contribution >= 4 is 28.1 Å². The van der Waals surface area contributed by atoms with Crippen LogP contribution < -0.4 is 29.0 Å². The van der Waals surface area contributed by atoms with Crippen molar-refractivity contribution in [2.24, 2.45) is 10.1 Å². The molecule has 0 saturated heterocycles. The van der Waals surface area contributed by atoms with E-state index in [0.29, 0.717) is 27.1 Å². The van der Waals surface area contributed by atoms with Gasteiger partial charge < -0.3 is 24.7 Å². The number of rotatable bonds is 9. The van der Waals surface area contributed by atoms with E-state index in [1.54, 1.807) is 30.3 Å². The van der Waals surface area contributed by atoms with Gasteiger partial charge in [-0.25, -0.2) is 0 Å². The Bertz CT molecular complexity index is 1010. The molecule has 0 aliphatic heterocycles. The second-order valence-corrected chi connectivity index (χ2v) is 7.27. The van der Waals surface area contributed by atoms with Crippen LogP contribution in [0.2, 0.25) is 0 Å². The summed E-state index contributed by atoms with van der Waals surface area (Å²) >= 11 is 0. The number of nitrogens with zero attached hydrogens (tertiary/aromatic N) is 2. The lowest BCUT2D eigenvalue weighted by atomic mass is 10.1. The monoisotopic (exact) mass is 436 g/mol. The second-order valence-electron chi connectivity index (χ2n) is 5.80. The molecule has 10 nitrogen and oxygen atoms in total. The van der Waals surface area contributed by atoms with E-state index in [0.717, 1.165) is 0 Å². The molecule has 2 aromatic rings. The third kappa shape index (κ3) is 4.92. The average Bonchev–Trinajstić information content (AvgIpc) is 2.73. The van der Waals surface area contributed by atoms with Crippen molar-refractivity contribution in [3.63, 3.8) is 0 Å². The molecule has 30 heavy (non-hydrogen) atoms. The molecule has 0 aromatic heterocycles. The van der Waals surface area contributed by atoms with Crippen molar-refractivity contribution in [3.8, 4) is 23.0 Å². The van der Waals surface area contributed by atoms with E-state index in [2.05, 4.69) is 4.40 Å². The molecule has 0 saturated carbocycles. The van der Waals surface area contributed by atoms with E-state index < -0.39 is 16.2 Å². The average molecular weight is 436 g/mol. The Kier molecular flexibility index (Phi) is 7.48. The summed E-state index contributed by atoms with van der Waals surface area (Å²) in [5.74, 6) is 0.920. The van der Waals surface area contributed by atoms with Gasteiger partial charge in [0.1, 0.15) is 28.7 Å². The third-order valence-corrected chi connectivity index (χ3v) is 5.34. The molecule has 162 valence electrons. The zero-order chi connectivity index (χ0) is 22.3. The third-order valence-electron chi connectivity index (χ3n) is 4.07. The van der Waals surface area contributed by atoms with E-state index in [9.17, 15) is 8.42 Å². The van der Waals surface area contributed by atoms with Gasteiger partial charge in [-0.05, 0) is 12.1 Å². The lowest BCUT2D eigenvalue weighted by Gasteiger charge is -2.21. The number of hydrogen-bond donors (Lipinski definition) is 2. The first-order valence-corrected chi connectivity index (χ1v) is 10.0. The highest BCUT2D eigenvalue weighted by Gasteiger charge is 2.27. The number of methoxy groups -OCH3 is 4. The highest BCUT2D eigenvalue weighted by molar-refractivity contribution is 7.92. The van der Waals surface area contributed by atoms with E-state index in [4.69, 9.17) is 30.1 Å². The Balaban J connectivity index is 2.40. The molecule has 2 aromatic carbocycles. The Labute approximate surface area is 175 Å². The fraction of sp³-hybridized carbons (Fsp3) is 0.263. The molecular weight excluding hydrogens is 412 g/mol. The Morgan fingerprint density at radius 3 is 2.10 bits per heavy atom. The van der Waals surface area contributed by atoms with Crippen molar-refractivity contribution in [1.82, 2.24) is 0 Å². The second kappa shape index (κ2) is 9.83. The van der Waals surface area contributed by atoms with Crippen LogP contribution in [0.1, 0.15) is 5.56 Å². The first kappa shape index (κ1) is 22.8. The first-order chi connectivity index (χ1) is 14.3. The van der Waals surface area contributed by atoms with Gasteiger partial charge in [-0.1, -0.05) is 12.1 Å². The van der Waals surface area contributed by atoms with Crippen LogP contribution in [0.4, 0.5) is 5.69 Å². The van der Waals surface area contributed by atoms with Crippen LogP contribution in [-0.4, -0.2) is 49.0 Å². The molecule has 0 aliphatic carbocycles. The number of anilines is 1. The fourth-order valence-electron chi connectivity index (χ4n) is 2.72. The molecule has 0 spiro atoms.